The van der Waals surface area contributed by atoms with Crippen LogP contribution in [-0.4, -0.2) is 52.8 Å². The Bertz CT molecular complexity index is 905. The molecule has 0 aliphatic carbocycles. The maximum Gasteiger partial charge on any atom is 0.278 e. The number of halogens is 1. The predicted octanol–water partition coefficient (Wildman–Crippen LogP) is 3.61. The molecular formula is C19H26ClN5OS. The standard InChI is InChI=1S/C19H25N5OS.ClH/c1-5-14-7-8-15-17(13-14)26-19(21-15)24(12-6-11-22(2)3)18(25)16-9-10-20-23(16)4;/h7-10,13H,5-6,11-12H2,1-4H3;1H. The molecule has 146 valence electrons. The van der Waals surface area contributed by atoms with E-state index in [0.717, 1.165) is 34.7 Å². The fraction of sp³-hybridized carbons (Fsp3) is 0.421. The van der Waals surface area contributed by atoms with Crippen LogP contribution >= 0.6 is 23.7 Å². The average Bonchev–Trinajstić information content (AvgIpc) is 3.22. The molecule has 2 heterocycles. The fourth-order valence-electron chi connectivity index (χ4n) is 2.84. The molecular weight excluding hydrogens is 382 g/mol. The smallest absolute Gasteiger partial charge is 0.278 e. The Balaban J connectivity index is 0.00000261. The minimum absolute atomic E-state index is 0. The van der Waals surface area contributed by atoms with E-state index in [-0.39, 0.29) is 18.3 Å². The number of fused-ring (bicyclic) bond motifs is 1. The first-order valence-corrected chi connectivity index (χ1v) is 9.65. The van der Waals surface area contributed by atoms with Crippen LogP contribution in [0.25, 0.3) is 10.2 Å². The molecule has 0 spiro atoms. The quantitative estimate of drug-likeness (QED) is 0.600. The largest absolute Gasteiger partial charge is 0.309 e. The topological polar surface area (TPSA) is 54.3 Å². The third-order valence-corrected chi connectivity index (χ3v) is 5.39. The van der Waals surface area contributed by atoms with Gasteiger partial charge in [-0.3, -0.25) is 14.4 Å². The van der Waals surface area contributed by atoms with Crippen molar-refractivity contribution in [2.24, 2.45) is 7.05 Å². The highest BCUT2D eigenvalue weighted by atomic mass is 35.5. The number of aryl methyl sites for hydroxylation is 2. The van der Waals surface area contributed by atoms with E-state index in [1.54, 1.807) is 40.2 Å². The fourth-order valence-corrected chi connectivity index (χ4v) is 3.90. The highest BCUT2D eigenvalue weighted by Crippen LogP contribution is 2.30. The first kappa shape index (κ1) is 21.3. The van der Waals surface area contributed by atoms with Gasteiger partial charge in [-0.15, -0.1) is 12.4 Å². The highest BCUT2D eigenvalue weighted by Gasteiger charge is 2.23. The molecule has 2 aromatic heterocycles. The molecule has 6 nitrogen and oxygen atoms in total. The van der Waals surface area contributed by atoms with Crippen LogP contribution in [0.4, 0.5) is 5.13 Å². The zero-order valence-electron chi connectivity index (χ0n) is 16.2. The normalized spacial score (nSPS) is 11.0. The van der Waals surface area contributed by atoms with E-state index < -0.39 is 0 Å². The maximum atomic E-state index is 13.1. The lowest BCUT2D eigenvalue weighted by Gasteiger charge is -2.20. The van der Waals surface area contributed by atoms with Gasteiger partial charge in [-0.2, -0.15) is 5.10 Å². The monoisotopic (exact) mass is 407 g/mol. The molecule has 8 heteroatoms. The van der Waals surface area contributed by atoms with Crippen LogP contribution in [0.1, 0.15) is 29.4 Å². The number of nitrogens with zero attached hydrogens (tertiary/aromatic N) is 5. The summed E-state index contributed by atoms with van der Waals surface area (Å²) in [6.07, 6.45) is 3.52. The van der Waals surface area contributed by atoms with Gasteiger partial charge in [0.05, 0.1) is 10.2 Å². The van der Waals surface area contributed by atoms with E-state index in [1.807, 2.05) is 20.2 Å². The number of carbonyl (C=O) groups is 1. The average molecular weight is 408 g/mol. The van der Waals surface area contributed by atoms with Crippen molar-refractivity contribution in [1.82, 2.24) is 19.7 Å². The number of thiazole rings is 1. The number of carbonyl (C=O) groups excluding carboxylic acids is 1. The summed E-state index contributed by atoms with van der Waals surface area (Å²) in [5.41, 5.74) is 2.80. The van der Waals surface area contributed by atoms with Crippen LogP contribution in [-0.2, 0) is 13.5 Å². The second-order valence-corrected chi connectivity index (χ2v) is 7.61. The van der Waals surface area contributed by atoms with Gasteiger partial charge in [0.15, 0.2) is 5.13 Å². The molecule has 27 heavy (non-hydrogen) atoms. The van der Waals surface area contributed by atoms with Crippen molar-refractivity contribution in [2.75, 3.05) is 32.1 Å². The Morgan fingerprint density at radius 2 is 2.00 bits per heavy atom. The number of amides is 1. The molecule has 1 aromatic carbocycles. The van der Waals surface area contributed by atoms with Gasteiger partial charge >= 0.3 is 0 Å². The van der Waals surface area contributed by atoms with Gasteiger partial charge in [-0.25, -0.2) is 4.98 Å². The molecule has 3 rings (SSSR count). The molecule has 0 bridgehead atoms. The van der Waals surface area contributed by atoms with E-state index in [2.05, 4.69) is 29.1 Å². The van der Waals surface area contributed by atoms with Crippen molar-refractivity contribution in [3.63, 3.8) is 0 Å². The summed E-state index contributed by atoms with van der Waals surface area (Å²) in [4.78, 5) is 21.8. The lowest BCUT2D eigenvalue weighted by atomic mass is 10.2. The Hall–Kier alpha value is -1.96. The minimum atomic E-state index is -0.0569. The van der Waals surface area contributed by atoms with Crippen LogP contribution < -0.4 is 4.90 Å². The second kappa shape index (κ2) is 9.30. The summed E-state index contributed by atoms with van der Waals surface area (Å²) < 4.78 is 2.74. The van der Waals surface area contributed by atoms with E-state index in [0.29, 0.717) is 12.2 Å². The lowest BCUT2D eigenvalue weighted by molar-refractivity contribution is 0.0977. The third kappa shape index (κ3) is 4.86. The number of hydrogen-bond donors (Lipinski definition) is 0. The van der Waals surface area contributed by atoms with Crippen molar-refractivity contribution < 1.29 is 4.79 Å². The number of hydrogen-bond acceptors (Lipinski definition) is 5. The van der Waals surface area contributed by atoms with E-state index in [9.17, 15) is 4.79 Å². The van der Waals surface area contributed by atoms with Gasteiger partial charge in [0, 0.05) is 19.8 Å². The van der Waals surface area contributed by atoms with E-state index in [4.69, 9.17) is 4.98 Å². The molecule has 0 radical (unpaired) electrons. The van der Waals surface area contributed by atoms with Crippen LogP contribution in [0.2, 0.25) is 0 Å². The number of rotatable bonds is 7. The Labute approximate surface area is 170 Å². The summed E-state index contributed by atoms with van der Waals surface area (Å²) in [6, 6.07) is 8.07. The van der Waals surface area contributed by atoms with Crippen LogP contribution in [0, 0.1) is 0 Å². The molecule has 0 atom stereocenters. The van der Waals surface area contributed by atoms with Crippen LogP contribution in [0.3, 0.4) is 0 Å². The predicted molar refractivity (Wildman–Crippen MR) is 114 cm³/mol. The summed E-state index contributed by atoms with van der Waals surface area (Å²) in [5.74, 6) is -0.0569. The Morgan fingerprint density at radius 1 is 1.22 bits per heavy atom. The summed E-state index contributed by atoms with van der Waals surface area (Å²) in [7, 11) is 5.87. The van der Waals surface area contributed by atoms with Crippen molar-refractivity contribution in [3.8, 4) is 0 Å². The van der Waals surface area contributed by atoms with Gasteiger partial charge in [0.25, 0.3) is 5.91 Å². The molecule has 0 fully saturated rings. The number of aromatic nitrogens is 3. The summed E-state index contributed by atoms with van der Waals surface area (Å²) in [5, 5.41) is 4.88. The van der Waals surface area contributed by atoms with Crippen LogP contribution in [0.15, 0.2) is 30.5 Å². The van der Waals surface area contributed by atoms with Gasteiger partial charge < -0.3 is 4.90 Å². The van der Waals surface area contributed by atoms with Gasteiger partial charge in [0.1, 0.15) is 5.69 Å². The molecule has 3 aromatic rings. The maximum absolute atomic E-state index is 13.1. The summed E-state index contributed by atoms with van der Waals surface area (Å²) in [6.45, 7) is 3.69. The number of benzene rings is 1. The SMILES string of the molecule is CCc1ccc2nc(N(CCCN(C)C)C(=O)c3ccnn3C)sc2c1.Cl. The first-order valence-electron chi connectivity index (χ1n) is 8.83. The minimum Gasteiger partial charge on any atom is -0.309 e. The Kier molecular flexibility index (Phi) is 7.35. The van der Waals surface area contributed by atoms with Crippen molar-refractivity contribution >= 4 is 45.0 Å². The highest BCUT2D eigenvalue weighted by molar-refractivity contribution is 7.22. The molecule has 0 aliphatic heterocycles. The van der Waals surface area contributed by atoms with Crippen molar-refractivity contribution in [3.05, 3.63) is 41.7 Å². The van der Waals surface area contributed by atoms with Gasteiger partial charge in [0.2, 0.25) is 0 Å². The molecule has 0 saturated carbocycles. The molecule has 1 amide bonds. The van der Waals surface area contributed by atoms with Crippen molar-refractivity contribution in [1.29, 1.82) is 0 Å². The molecule has 0 saturated heterocycles. The number of anilines is 1. The van der Waals surface area contributed by atoms with Gasteiger partial charge in [-0.1, -0.05) is 24.3 Å². The third-order valence-electron chi connectivity index (χ3n) is 4.35. The molecule has 0 unspecified atom stereocenters. The van der Waals surface area contributed by atoms with Crippen molar-refractivity contribution in [2.45, 2.75) is 19.8 Å². The Morgan fingerprint density at radius 3 is 2.63 bits per heavy atom. The second-order valence-electron chi connectivity index (χ2n) is 6.61. The first-order chi connectivity index (χ1) is 12.5. The lowest BCUT2D eigenvalue weighted by Crippen LogP contribution is -2.34. The van der Waals surface area contributed by atoms with E-state index >= 15 is 0 Å². The summed E-state index contributed by atoms with van der Waals surface area (Å²) >= 11 is 1.58. The van der Waals surface area contributed by atoms with Crippen LogP contribution in [0.5, 0.6) is 0 Å². The van der Waals surface area contributed by atoms with E-state index in [1.165, 1.54) is 5.56 Å². The zero-order valence-corrected chi connectivity index (χ0v) is 17.8. The van der Waals surface area contributed by atoms with Gasteiger partial charge in [-0.05, 0) is 57.2 Å². The zero-order chi connectivity index (χ0) is 18.7. The molecule has 0 N–H and O–H groups in total. The molecule has 0 aliphatic rings.